The molecule has 0 radical (unpaired) electrons. The number of carbonyl (C=O) groups excluding carboxylic acids is 2. The Bertz CT molecular complexity index is 1190. The first-order valence-electron chi connectivity index (χ1n) is 8.92. The highest BCUT2D eigenvalue weighted by Gasteiger charge is 2.13. The molecule has 0 saturated carbocycles. The van der Waals surface area contributed by atoms with Crippen LogP contribution < -0.4 is 0 Å². The van der Waals surface area contributed by atoms with Crippen LogP contribution in [0.4, 0.5) is 0 Å². The minimum atomic E-state index is -0.580. The molecule has 30 heavy (non-hydrogen) atoms. The molecule has 0 aliphatic rings. The number of Topliss-reactive ketones (excluding diaryl/α,β-unsaturated/α-hetero) is 1. The minimum absolute atomic E-state index is 0.233. The number of nitrogens with zero attached hydrogens (tertiary/aromatic N) is 2. The van der Waals surface area contributed by atoms with E-state index in [0.717, 1.165) is 25.6 Å². The number of esters is 1. The van der Waals surface area contributed by atoms with Gasteiger partial charge in [-0.25, -0.2) is 9.48 Å². The van der Waals surface area contributed by atoms with Crippen molar-refractivity contribution in [1.82, 2.24) is 9.78 Å². The van der Waals surface area contributed by atoms with E-state index in [9.17, 15) is 9.59 Å². The van der Waals surface area contributed by atoms with Crippen molar-refractivity contribution >= 4 is 56.4 Å². The van der Waals surface area contributed by atoms with Gasteiger partial charge in [0.05, 0.1) is 19.2 Å². The lowest BCUT2D eigenvalue weighted by Crippen LogP contribution is -2.11. The Kier molecular flexibility index (Phi) is 6.37. The lowest BCUT2D eigenvalue weighted by atomic mass is 10.2. The highest BCUT2D eigenvalue weighted by Crippen LogP contribution is 2.28. The molecular weight excluding hydrogens is 484 g/mol. The van der Waals surface area contributed by atoms with E-state index in [1.54, 1.807) is 34.2 Å². The van der Waals surface area contributed by atoms with Crippen LogP contribution in [-0.4, -0.2) is 28.1 Å². The molecular formula is C22H15BrN2O3S2. The van der Waals surface area contributed by atoms with Gasteiger partial charge in [-0.2, -0.15) is 5.10 Å². The molecule has 0 aliphatic carbocycles. The van der Waals surface area contributed by atoms with Crippen molar-refractivity contribution in [2.24, 2.45) is 0 Å². The van der Waals surface area contributed by atoms with Crippen LogP contribution in [0.25, 0.3) is 22.3 Å². The van der Waals surface area contributed by atoms with Gasteiger partial charge < -0.3 is 4.74 Å². The largest absolute Gasteiger partial charge is 0.454 e. The summed E-state index contributed by atoms with van der Waals surface area (Å²) in [7, 11) is 0. The Hall–Kier alpha value is -2.81. The third-order valence-corrected chi connectivity index (χ3v) is 6.65. The average molecular weight is 499 g/mol. The Morgan fingerprint density at radius 1 is 1.10 bits per heavy atom. The van der Waals surface area contributed by atoms with Crippen molar-refractivity contribution in [3.63, 3.8) is 0 Å². The Morgan fingerprint density at radius 3 is 2.63 bits per heavy atom. The second kappa shape index (κ2) is 9.34. The van der Waals surface area contributed by atoms with Crippen molar-refractivity contribution in [3.05, 3.63) is 86.5 Å². The first-order chi connectivity index (χ1) is 14.6. The molecule has 0 aliphatic heterocycles. The molecule has 0 unspecified atom stereocenters. The number of rotatable bonds is 7. The summed E-state index contributed by atoms with van der Waals surface area (Å²) >= 11 is 6.19. The van der Waals surface area contributed by atoms with E-state index in [4.69, 9.17) is 4.74 Å². The van der Waals surface area contributed by atoms with Crippen LogP contribution >= 0.6 is 38.6 Å². The number of para-hydroxylation sites is 1. The summed E-state index contributed by atoms with van der Waals surface area (Å²) in [5.41, 5.74) is 2.48. The molecule has 0 saturated heterocycles. The molecule has 0 atom stereocenters. The van der Waals surface area contributed by atoms with Gasteiger partial charge in [0.15, 0.2) is 6.61 Å². The van der Waals surface area contributed by atoms with Crippen LogP contribution in [0.1, 0.15) is 15.2 Å². The van der Waals surface area contributed by atoms with E-state index < -0.39 is 5.97 Å². The standard InChI is InChI=1S/C22H15BrN2O3S2/c23-20-10-9-18(30-20)17(26)14-28-21(27)11-8-15-13-25(16-5-2-1-3-6-16)24-22(15)19-7-4-12-29-19/h1-13H,14H2/b11-8+. The molecule has 0 bridgehead atoms. The molecule has 8 heteroatoms. The first kappa shape index (κ1) is 20.5. The van der Waals surface area contributed by atoms with E-state index in [2.05, 4.69) is 21.0 Å². The minimum Gasteiger partial charge on any atom is -0.454 e. The topological polar surface area (TPSA) is 61.2 Å². The van der Waals surface area contributed by atoms with Gasteiger partial charge >= 0.3 is 5.97 Å². The van der Waals surface area contributed by atoms with Gasteiger partial charge in [0.25, 0.3) is 0 Å². The van der Waals surface area contributed by atoms with Gasteiger partial charge in [-0.15, -0.1) is 22.7 Å². The van der Waals surface area contributed by atoms with Crippen molar-refractivity contribution in [1.29, 1.82) is 0 Å². The SMILES string of the molecule is O=C(/C=C/c1cn(-c2ccccc2)nc1-c1cccs1)OCC(=O)c1ccc(Br)s1. The van der Waals surface area contributed by atoms with Crippen molar-refractivity contribution in [2.45, 2.75) is 0 Å². The lowest BCUT2D eigenvalue weighted by Gasteiger charge is -1.99. The number of ether oxygens (including phenoxy) is 1. The zero-order valence-electron chi connectivity index (χ0n) is 15.5. The van der Waals surface area contributed by atoms with Gasteiger partial charge in [-0.3, -0.25) is 4.79 Å². The lowest BCUT2D eigenvalue weighted by molar-refractivity contribution is -0.136. The Balaban J connectivity index is 1.50. The predicted molar refractivity (Wildman–Crippen MR) is 123 cm³/mol. The predicted octanol–water partition coefficient (Wildman–Crippen LogP) is 5.86. The fourth-order valence-electron chi connectivity index (χ4n) is 2.70. The van der Waals surface area contributed by atoms with Crippen molar-refractivity contribution < 1.29 is 14.3 Å². The van der Waals surface area contributed by atoms with Crippen LogP contribution in [0.2, 0.25) is 0 Å². The molecule has 0 amide bonds. The van der Waals surface area contributed by atoms with Crippen molar-refractivity contribution in [3.8, 4) is 16.3 Å². The molecule has 4 aromatic rings. The average Bonchev–Trinajstić information content (AvgIpc) is 3.51. The van der Waals surface area contributed by atoms with E-state index in [1.807, 2.05) is 54.0 Å². The quantitative estimate of drug-likeness (QED) is 0.182. The van der Waals surface area contributed by atoms with Gasteiger partial charge in [-0.05, 0) is 57.7 Å². The van der Waals surface area contributed by atoms with Gasteiger partial charge in [-0.1, -0.05) is 24.3 Å². The summed E-state index contributed by atoms with van der Waals surface area (Å²) in [5.74, 6) is -0.813. The maximum absolute atomic E-state index is 12.1. The first-order valence-corrected chi connectivity index (χ1v) is 11.4. The summed E-state index contributed by atoms with van der Waals surface area (Å²) < 4.78 is 7.73. The second-order valence-electron chi connectivity index (χ2n) is 6.16. The molecule has 150 valence electrons. The third kappa shape index (κ3) is 4.84. The summed E-state index contributed by atoms with van der Waals surface area (Å²) in [6, 6.07) is 17.2. The maximum Gasteiger partial charge on any atom is 0.331 e. The molecule has 3 aromatic heterocycles. The van der Waals surface area contributed by atoms with Gasteiger partial charge in [0, 0.05) is 17.8 Å². The number of benzene rings is 1. The number of aromatic nitrogens is 2. The molecule has 1 aromatic carbocycles. The number of ketones is 1. The molecule has 5 nitrogen and oxygen atoms in total. The monoisotopic (exact) mass is 498 g/mol. The smallest absolute Gasteiger partial charge is 0.331 e. The number of carbonyl (C=O) groups is 2. The zero-order chi connectivity index (χ0) is 20.9. The molecule has 0 spiro atoms. The molecule has 4 rings (SSSR count). The summed E-state index contributed by atoms with van der Waals surface area (Å²) in [4.78, 5) is 25.8. The number of hydrogen-bond acceptors (Lipinski definition) is 6. The van der Waals surface area contributed by atoms with Crippen LogP contribution in [0.15, 0.2) is 76.0 Å². The van der Waals surface area contributed by atoms with Gasteiger partial charge in [0.2, 0.25) is 5.78 Å². The number of halogens is 1. The normalized spacial score (nSPS) is 11.1. The molecule has 0 N–H and O–H groups in total. The third-order valence-electron chi connectivity index (χ3n) is 4.11. The van der Waals surface area contributed by atoms with Crippen LogP contribution in [0, 0.1) is 0 Å². The fraction of sp³-hybridized carbons (Fsp3) is 0.0455. The van der Waals surface area contributed by atoms with E-state index in [1.165, 1.54) is 17.4 Å². The van der Waals surface area contributed by atoms with E-state index in [-0.39, 0.29) is 12.4 Å². The fourth-order valence-corrected chi connectivity index (χ4v) is 4.75. The van der Waals surface area contributed by atoms with Crippen LogP contribution in [0.3, 0.4) is 0 Å². The summed E-state index contributed by atoms with van der Waals surface area (Å²) in [5, 5.41) is 6.66. The van der Waals surface area contributed by atoms with Crippen LogP contribution in [0.5, 0.6) is 0 Å². The number of thiophene rings is 2. The second-order valence-corrected chi connectivity index (χ2v) is 9.57. The maximum atomic E-state index is 12.1. The van der Waals surface area contributed by atoms with Crippen molar-refractivity contribution in [2.75, 3.05) is 6.61 Å². The highest BCUT2D eigenvalue weighted by atomic mass is 79.9. The zero-order valence-corrected chi connectivity index (χ0v) is 18.7. The summed E-state index contributed by atoms with van der Waals surface area (Å²) in [6.45, 7) is -0.294. The summed E-state index contributed by atoms with van der Waals surface area (Å²) in [6.07, 6.45) is 4.85. The van der Waals surface area contributed by atoms with Gasteiger partial charge in [0.1, 0.15) is 5.69 Å². The number of hydrogen-bond donors (Lipinski definition) is 0. The van der Waals surface area contributed by atoms with E-state index in [0.29, 0.717) is 4.88 Å². The van der Waals surface area contributed by atoms with E-state index >= 15 is 0 Å². The Labute approximate surface area is 189 Å². The molecule has 0 fully saturated rings. The van der Waals surface area contributed by atoms with Crippen LogP contribution in [-0.2, 0) is 9.53 Å². The molecule has 3 heterocycles. The Morgan fingerprint density at radius 2 is 1.93 bits per heavy atom. The highest BCUT2D eigenvalue weighted by molar-refractivity contribution is 9.11.